The van der Waals surface area contributed by atoms with Crippen LogP contribution in [-0.4, -0.2) is 42.0 Å². The van der Waals surface area contributed by atoms with Crippen LogP contribution in [0.3, 0.4) is 0 Å². The smallest absolute Gasteiger partial charge is 0.295 e. The Morgan fingerprint density at radius 2 is 1.83 bits per heavy atom. The van der Waals surface area contributed by atoms with E-state index in [4.69, 9.17) is 27.9 Å². The van der Waals surface area contributed by atoms with Gasteiger partial charge in [-0.2, -0.15) is 0 Å². The van der Waals surface area contributed by atoms with Gasteiger partial charge in [-0.3, -0.25) is 9.59 Å². The summed E-state index contributed by atoms with van der Waals surface area (Å²) in [4.78, 5) is 27.1. The highest BCUT2D eigenvalue weighted by molar-refractivity contribution is 6.47. The van der Waals surface area contributed by atoms with Crippen LogP contribution in [-0.2, 0) is 14.3 Å². The second kappa shape index (κ2) is 8.99. The number of amides is 1. The van der Waals surface area contributed by atoms with Gasteiger partial charge in [0, 0.05) is 35.9 Å². The molecule has 5 nitrogen and oxygen atoms in total. The van der Waals surface area contributed by atoms with Gasteiger partial charge in [-0.1, -0.05) is 59.1 Å². The zero-order chi connectivity index (χ0) is 21.1. The fourth-order valence-electron chi connectivity index (χ4n) is 3.40. The lowest BCUT2D eigenvalue weighted by atomic mass is 9.95. The molecule has 0 spiro atoms. The van der Waals surface area contributed by atoms with Crippen LogP contribution in [0.2, 0.25) is 10.0 Å². The SMILES string of the molecule is COCCCN1C(=O)C(=O)/C(=C(/O)c2ccc(C)cc2)C1c1ccc(Cl)cc1Cl. The highest BCUT2D eigenvalue weighted by Gasteiger charge is 2.46. The lowest BCUT2D eigenvalue weighted by molar-refractivity contribution is -0.140. The Kier molecular flexibility index (Phi) is 6.63. The quantitative estimate of drug-likeness (QED) is 0.308. The van der Waals surface area contributed by atoms with Crippen LogP contribution >= 0.6 is 23.2 Å². The van der Waals surface area contributed by atoms with Crippen LogP contribution in [0.1, 0.15) is 29.2 Å². The lowest BCUT2D eigenvalue weighted by Crippen LogP contribution is -2.31. The van der Waals surface area contributed by atoms with Gasteiger partial charge in [0.25, 0.3) is 11.7 Å². The van der Waals surface area contributed by atoms with Gasteiger partial charge in [0.15, 0.2) is 0 Å². The molecule has 1 N–H and O–H groups in total. The Bertz CT molecular complexity index is 969. The number of benzene rings is 2. The second-order valence-corrected chi connectivity index (χ2v) is 7.71. The fraction of sp³-hybridized carbons (Fsp3) is 0.273. The topological polar surface area (TPSA) is 66.8 Å². The van der Waals surface area contributed by atoms with E-state index in [0.717, 1.165) is 5.56 Å². The molecular formula is C22H21Cl2NO4. The molecule has 0 aliphatic carbocycles. The van der Waals surface area contributed by atoms with Gasteiger partial charge in [0.05, 0.1) is 11.6 Å². The minimum Gasteiger partial charge on any atom is -0.507 e. The predicted octanol–water partition coefficient (Wildman–Crippen LogP) is 4.76. The highest BCUT2D eigenvalue weighted by atomic mass is 35.5. The molecule has 1 unspecified atom stereocenters. The molecule has 1 aliphatic rings. The van der Waals surface area contributed by atoms with E-state index >= 15 is 0 Å². The number of nitrogens with zero attached hydrogens (tertiary/aromatic N) is 1. The fourth-order valence-corrected chi connectivity index (χ4v) is 3.92. The summed E-state index contributed by atoms with van der Waals surface area (Å²) in [6.45, 7) is 2.64. The number of carbonyl (C=O) groups excluding carboxylic acids is 2. The second-order valence-electron chi connectivity index (χ2n) is 6.87. The Morgan fingerprint density at radius 1 is 1.14 bits per heavy atom. The van der Waals surface area contributed by atoms with E-state index < -0.39 is 17.7 Å². The minimum absolute atomic E-state index is 0.0143. The molecule has 1 heterocycles. The number of ether oxygens (including phenoxy) is 1. The van der Waals surface area contributed by atoms with Crippen molar-refractivity contribution in [3.63, 3.8) is 0 Å². The van der Waals surface area contributed by atoms with Crippen molar-refractivity contribution in [3.8, 4) is 0 Å². The molecule has 1 atom stereocenters. The average molecular weight is 434 g/mol. The van der Waals surface area contributed by atoms with Crippen molar-refractivity contribution >= 4 is 40.7 Å². The summed E-state index contributed by atoms with van der Waals surface area (Å²) in [5, 5.41) is 11.7. The van der Waals surface area contributed by atoms with E-state index in [0.29, 0.717) is 34.2 Å². The summed E-state index contributed by atoms with van der Waals surface area (Å²) < 4.78 is 5.07. The largest absolute Gasteiger partial charge is 0.507 e. The first-order chi connectivity index (χ1) is 13.8. The molecule has 0 aromatic heterocycles. The summed E-state index contributed by atoms with van der Waals surface area (Å²) in [7, 11) is 1.57. The standard InChI is InChI=1S/C22H21Cl2NO4/c1-13-4-6-14(7-5-13)20(26)18-19(16-9-8-15(23)12-17(16)24)25(10-3-11-29-2)22(28)21(18)27/h4-9,12,19,26H,3,10-11H2,1-2H3/b20-18+. The van der Waals surface area contributed by atoms with E-state index in [9.17, 15) is 14.7 Å². The Balaban J connectivity index is 2.15. The van der Waals surface area contributed by atoms with Crippen molar-refractivity contribution in [1.29, 1.82) is 0 Å². The first kappa shape index (κ1) is 21.4. The number of rotatable bonds is 6. The average Bonchev–Trinajstić information content (AvgIpc) is 2.93. The third kappa shape index (κ3) is 4.32. The minimum atomic E-state index is -0.807. The lowest BCUT2D eigenvalue weighted by Gasteiger charge is -2.26. The van der Waals surface area contributed by atoms with Gasteiger partial charge in [-0.15, -0.1) is 0 Å². The van der Waals surface area contributed by atoms with Gasteiger partial charge in [-0.25, -0.2) is 0 Å². The molecule has 2 aromatic carbocycles. The van der Waals surface area contributed by atoms with E-state index in [1.165, 1.54) is 4.90 Å². The molecular weight excluding hydrogens is 413 g/mol. The van der Waals surface area contributed by atoms with Gasteiger partial charge in [0.2, 0.25) is 0 Å². The van der Waals surface area contributed by atoms with E-state index in [-0.39, 0.29) is 17.9 Å². The van der Waals surface area contributed by atoms with Crippen molar-refractivity contribution in [2.75, 3.05) is 20.3 Å². The Morgan fingerprint density at radius 3 is 2.45 bits per heavy atom. The predicted molar refractivity (Wildman–Crippen MR) is 113 cm³/mol. The molecule has 2 aromatic rings. The van der Waals surface area contributed by atoms with E-state index in [1.807, 2.05) is 19.1 Å². The van der Waals surface area contributed by atoms with Crippen molar-refractivity contribution in [3.05, 3.63) is 74.8 Å². The third-order valence-electron chi connectivity index (χ3n) is 4.87. The first-order valence-electron chi connectivity index (χ1n) is 9.14. The number of carbonyl (C=O) groups is 2. The third-order valence-corrected chi connectivity index (χ3v) is 5.43. The van der Waals surface area contributed by atoms with Gasteiger partial charge >= 0.3 is 0 Å². The van der Waals surface area contributed by atoms with Crippen LogP contribution in [0.25, 0.3) is 5.76 Å². The first-order valence-corrected chi connectivity index (χ1v) is 9.90. The monoisotopic (exact) mass is 433 g/mol. The number of aryl methyl sites for hydroxylation is 1. The van der Waals surface area contributed by atoms with E-state index in [2.05, 4.69) is 0 Å². The van der Waals surface area contributed by atoms with Gasteiger partial charge in [-0.05, 0) is 31.0 Å². The zero-order valence-corrected chi connectivity index (χ0v) is 17.6. The maximum absolute atomic E-state index is 12.9. The number of methoxy groups -OCH3 is 1. The molecule has 1 aliphatic heterocycles. The van der Waals surface area contributed by atoms with Crippen molar-refractivity contribution in [1.82, 2.24) is 4.90 Å². The number of halogens is 2. The maximum Gasteiger partial charge on any atom is 0.295 e. The van der Waals surface area contributed by atoms with Crippen LogP contribution in [0, 0.1) is 6.92 Å². The molecule has 29 heavy (non-hydrogen) atoms. The molecule has 0 saturated carbocycles. The molecule has 152 valence electrons. The summed E-state index contributed by atoms with van der Waals surface area (Å²) in [5.41, 5.74) is 2.02. The van der Waals surface area contributed by atoms with Crippen molar-refractivity contribution < 1.29 is 19.4 Å². The highest BCUT2D eigenvalue weighted by Crippen LogP contribution is 2.42. The Labute approximate surface area is 179 Å². The number of likely N-dealkylation sites (tertiary alicyclic amines) is 1. The number of aliphatic hydroxyl groups is 1. The number of hydrogen-bond donors (Lipinski definition) is 1. The summed E-state index contributed by atoms with van der Waals surface area (Å²) in [6.07, 6.45) is 0.538. The molecule has 0 bridgehead atoms. The molecule has 1 amide bonds. The van der Waals surface area contributed by atoms with Gasteiger partial charge in [0.1, 0.15) is 5.76 Å². The zero-order valence-electron chi connectivity index (χ0n) is 16.1. The van der Waals surface area contributed by atoms with Crippen LogP contribution in [0.5, 0.6) is 0 Å². The summed E-state index contributed by atoms with van der Waals surface area (Å²) >= 11 is 12.4. The van der Waals surface area contributed by atoms with Crippen molar-refractivity contribution in [2.24, 2.45) is 0 Å². The molecule has 1 fully saturated rings. The number of hydrogen-bond acceptors (Lipinski definition) is 4. The Hall–Kier alpha value is -2.34. The molecule has 0 radical (unpaired) electrons. The molecule has 3 rings (SSSR count). The summed E-state index contributed by atoms with van der Waals surface area (Å²) in [5.74, 6) is -1.64. The van der Waals surface area contributed by atoms with Crippen LogP contribution in [0.15, 0.2) is 48.0 Å². The number of Topliss-reactive ketones (excluding diaryl/α,β-unsaturated/α-hetero) is 1. The van der Waals surface area contributed by atoms with Crippen molar-refractivity contribution in [2.45, 2.75) is 19.4 Å². The van der Waals surface area contributed by atoms with Crippen LogP contribution < -0.4 is 0 Å². The van der Waals surface area contributed by atoms with Gasteiger partial charge < -0.3 is 14.7 Å². The molecule has 1 saturated heterocycles. The molecule has 7 heteroatoms. The summed E-state index contributed by atoms with van der Waals surface area (Å²) in [6, 6.07) is 11.1. The maximum atomic E-state index is 12.9. The normalized spacial score (nSPS) is 18.5. The number of aliphatic hydroxyl groups excluding tert-OH is 1. The van der Waals surface area contributed by atoms with Crippen LogP contribution in [0.4, 0.5) is 0 Å². The number of ketones is 1. The van der Waals surface area contributed by atoms with E-state index in [1.54, 1.807) is 37.4 Å².